The Kier molecular flexibility index (Phi) is 6.19. The number of piperidine rings is 1. The van der Waals surface area contributed by atoms with Gasteiger partial charge in [-0.15, -0.1) is 10.2 Å². The van der Waals surface area contributed by atoms with Crippen LogP contribution in [0.5, 0.6) is 0 Å². The van der Waals surface area contributed by atoms with Crippen LogP contribution in [0.4, 0.5) is 0 Å². The van der Waals surface area contributed by atoms with E-state index in [-0.39, 0.29) is 12.1 Å². The minimum Gasteiger partial charge on any atom is -0.419 e. The van der Waals surface area contributed by atoms with Gasteiger partial charge in [0.05, 0.1) is 10.9 Å². The zero-order chi connectivity index (χ0) is 21.1. The van der Waals surface area contributed by atoms with Gasteiger partial charge in [0, 0.05) is 29.7 Å². The van der Waals surface area contributed by atoms with Crippen LogP contribution < -0.4 is 4.72 Å². The van der Waals surface area contributed by atoms with E-state index < -0.39 is 10.0 Å². The fourth-order valence-electron chi connectivity index (χ4n) is 3.59. The summed E-state index contributed by atoms with van der Waals surface area (Å²) in [6.45, 7) is 3.49. The van der Waals surface area contributed by atoms with E-state index in [2.05, 4.69) is 19.8 Å². The van der Waals surface area contributed by atoms with Crippen molar-refractivity contribution < 1.29 is 12.8 Å². The Labute approximate surface area is 181 Å². The molecule has 2 heterocycles. The van der Waals surface area contributed by atoms with Gasteiger partial charge in [-0.05, 0) is 50.1 Å². The normalized spacial score (nSPS) is 17.1. The first-order valence-corrected chi connectivity index (χ1v) is 11.7. The predicted molar refractivity (Wildman–Crippen MR) is 115 cm³/mol. The third-order valence-corrected chi connectivity index (χ3v) is 7.09. The van der Waals surface area contributed by atoms with E-state index in [0.717, 1.165) is 18.7 Å². The minimum absolute atomic E-state index is 0.0582. The standard InChI is InChI=1S/C21H23ClN4O3S/c1-15(20-23-24-21(29-20)16-6-5-7-17(22)14-16)26-12-10-18(11-13-26)25-30(27,28)19-8-3-2-4-9-19/h2-9,14-15,18,25H,10-13H2,1H3. The van der Waals surface area contributed by atoms with E-state index in [1.807, 2.05) is 19.1 Å². The third-order valence-electron chi connectivity index (χ3n) is 5.32. The van der Waals surface area contributed by atoms with Crippen LogP contribution in [0.15, 0.2) is 63.9 Å². The number of rotatable bonds is 6. The summed E-state index contributed by atoms with van der Waals surface area (Å²) >= 11 is 6.04. The molecule has 1 atom stereocenters. The Bertz CT molecular complexity index is 1100. The van der Waals surface area contributed by atoms with Gasteiger partial charge in [0.25, 0.3) is 0 Å². The Balaban J connectivity index is 1.36. The van der Waals surface area contributed by atoms with Crippen molar-refractivity contribution in [1.82, 2.24) is 19.8 Å². The molecule has 1 unspecified atom stereocenters. The van der Waals surface area contributed by atoms with Crippen molar-refractivity contribution in [1.29, 1.82) is 0 Å². The second kappa shape index (κ2) is 8.85. The second-order valence-electron chi connectivity index (χ2n) is 7.38. The van der Waals surface area contributed by atoms with Crippen LogP contribution in [-0.4, -0.2) is 42.6 Å². The average molecular weight is 447 g/mol. The zero-order valence-electron chi connectivity index (χ0n) is 16.5. The number of nitrogens with one attached hydrogen (secondary N) is 1. The monoisotopic (exact) mass is 446 g/mol. The first kappa shape index (κ1) is 21.0. The molecule has 0 saturated carbocycles. The molecule has 1 aliphatic rings. The molecular weight excluding hydrogens is 424 g/mol. The fraction of sp³-hybridized carbons (Fsp3) is 0.333. The van der Waals surface area contributed by atoms with Crippen LogP contribution in [0, 0.1) is 0 Å². The van der Waals surface area contributed by atoms with Crippen LogP contribution in [0.25, 0.3) is 11.5 Å². The number of aromatic nitrogens is 2. The van der Waals surface area contributed by atoms with Gasteiger partial charge in [0.2, 0.25) is 21.8 Å². The van der Waals surface area contributed by atoms with Gasteiger partial charge in [0.15, 0.2) is 0 Å². The molecule has 30 heavy (non-hydrogen) atoms. The highest BCUT2D eigenvalue weighted by molar-refractivity contribution is 7.89. The van der Waals surface area contributed by atoms with E-state index in [1.165, 1.54) is 0 Å². The van der Waals surface area contributed by atoms with Crippen LogP contribution in [0.1, 0.15) is 31.7 Å². The summed E-state index contributed by atoms with van der Waals surface area (Å²) in [5.74, 6) is 0.971. The highest BCUT2D eigenvalue weighted by Gasteiger charge is 2.29. The lowest BCUT2D eigenvalue weighted by Gasteiger charge is -2.34. The minimum atomic E-state index is -3.50. The van der Waals surface area contributed by atoms with E-state index >= 15 is 0 Å². The summed E-state index contributed by atoms with van der Waals surface area (Å²) < 4.78 is 33.8. The Hall–Kier alpha value is -2.26. The van der Waals surface area contributed by atoms with Gasteiger partial charge >= 0.3 is 0 Å². The fourth-order valence-corrected chi connectivity index (χ4v) is 5.11. The first-order valence-electron chi connectivity index (χ1n) is 9.83. The van der Waals surface area contributed by atoms with Crippen molar-refractivity contribution in [3.05, 3.63) is 65.5 Å². The lowest BCUT2D eigenvalue weighted by Crippen LogP contribution is -2.45. The van der Waals surface area contributed by atoms with E-state index in [0.29, 0.717) is 34.5 Å². The molecule has 4 rings (SSSR count). The molecule has 1 aromatic heterocycles. The molecule has 0 spiro atoms. The molecule has 0 radical (unpaired) electrons. The van der Waals surface area contributed by atoms with Crippen LogP contribution in [0.2, 0.25) is 5.02 Å². The molecule has 0 amide bonds. The van der Waals surface area contributed by atoms with Crippen molar-refractivity contribution in [2.24, 2.45) is 0 Å². The van der Waals surface area contributed by atoms with E-state index in [9.17, 15) is 8.42 Å². The van der Waals surface area contributed by atoms with Crippen LogP contribution in [0.3, 0.4) is 0 Å². The summed E-state index contributed by atoms with van der Waals surface area (Å²) in [7, 11) is -3.50. The summed E-state index contributed by atoms with van der Waals surface area (Å²) in [5, 5.41) is 8.96. The predicted octanol–water partition coefficient (Wildman–Crippen LogP) is 3.89. The SMILES string of the molecule is CC(c1nnc(-c2cccc(Cl)c2)o1)N1CCC(NS(=O)(=O)c2ccccc2)CC1. The van der Waals surface area contributed by atoms with Gasteiger partial charge in [-0.25, -0.2) is 13.1 Å². The summed E-state index contributed by atoms with van der Waals surface area (Å²) in [5.41, 5.74) is 0.780. The summed E-state index contributed by atoms with van der Waals surface area (Å²) in [4.78, 5) is 2.52. The largest absolute Gasteiger partial charge is 0.419 e. The highest BCUT2D eigenvalue weighted by Crippen LogP contribution is 2.27. The number of benzene rings is 2. The number of nitrogens with zero attached hydrogens (tertiary/aromatic N) is 3. The molecule has 0 aliphatic carbocycles. The lowest BCUT2D eigenvalue weighted by molar-refractivity contribution is 0.140. The first-order chi connectivity index (χ1) is 14.4. The zero-order valence-corrected chi connectivity index (χ0v) is 18.1. The van der Waals surface area contributed by atoms with Crippen LogP contribution >= 0.6 is 11.6 Å². The number of hydrogen-bond donors (Lipinski definition) is 1. The van der Waals surface area contributed by atoms with Gasteiger partial charge in [-0.2, -0.15) is 0 Å². The smallest absolute Gasteiger partial charge is 0.247 e. The highest BCUT2D eigenvalue weighted by atomic mass is 35.5. The lowest BCUT2D eigenvalue weighted by atomic mass is 10.0. The van der Waals surface area contributed by atoms with E-state index in [4.69, 9.17) is 16.0 Å². The number of sulfonamides is 1. The molecule has 9 heteroatoms. The molecule has 2 aromatic carbocycles. The molecular formula is C21H23ClN4O3S. The summed E-state index contributed by atoms with van der Waals surface area (Å²) in [6, 6.07) is 15.6. The van der Waals surface area contributed by atoms with Crippen molar-refractivity contribution in [3.8, 4) is 11.5 Å². The number of hydrogen-bond acceptors (Lipinski definition) is 6. The maximum Gasteiger partial charge on any atom is 0.247 e. The Morgan fingerprint density at radius 1 is 1.10 bits per heavy atom. The molecule has 0 bridgehead atoms. The Morgan fingerprint density at radius 3 is 2.53 bits per heavy atom. The quantitative estimate of drug-likeness (QED) is 0.617. The summed E-state index contributed by atoms with van der Waals surface area (Å²) in [6.07, 6.45) is 1.43. The molecule has 7 nitrogen and oxygen atoms in total. The number of likely N-dealkylation sites (tertiary alicyclic amines) is 1. The van der Waals surface area contributed by atoms with Crippen molar-refractivity contribution in [3.63, 3.8) is 0 Å². The molecule has 1 N–H and O–H groups in total. The molecule has 1 aliphatic heterocycles. The van der Waals surface area contributed by atoms with Crippen molar-refractivity contribution >= 4 is 21.6 Å². The van der Waals surface area contributed by atoms with E-state index in [1.54, 1.807) is 42.5 Å². The number of halogens is 1. The van der Waals surface area contributed by atoms with Crippen molar-refractivity contribution in [2.75, 3.05) is 13.1 Å². The van der Waals surface area contributed by atoms with Crippen LogP contribution in [-0.2, 0) is 10.0 Å². The molecule has 1 saturated heterocycles. The average Bonchev–Trinajstić information content (AvgIpc) is 3.25. The topological polar surface area (TPSA) is 88.3 Å². The molecule has 3 aromatic rings. The van der Waals surface area contributed by atoms with Gasteiger partial charge in [-0.3, -0.25) is 4.90 Å². The van der Waals surface area contributed by atoms with Crippen molar-refractivity contribution in [2.45, 2.75) is 36.7 Å². The second-order valence-corrected chi connectivity index (χ2v) is 9.53. The van der Waals surface area contributed by atoms with Gasteiger partial charge in [-0.1, -0.05) is 35.9 Å². The molecule has 1 fully saturated rings. The van der Waals surface area contributed by atoms with Gasteiger partial charge < -0.3 is 4.42 Å². The molecule has 158 valence electrons. The maximum atomic E-state index is 12.5. The maximum absolute atomic E-state index is 12.5. The van der Waals surface area contributed by atoms with Gasteiger partial charge in [0.1, 0.15) is 0 Å². The Morgan fingerprint density at radius 2 is 1.83 bits per heavy atom. The third kappa shape index (κ3) is 4.73.